The van der Waals surface area contributed by atoms with E-state index in [0.29, 0.717) is 0 Å². The summed E-state index contributed by atoms with van der Waals surface area (Å²) < 4.78 is 4.69. The van der Waals surface area contributed by atoms with E-state index < -0.39 is 0 Å². The predicted molar refractivity (Wildman–Crippen MR) is 49.5 cm³/mol. The Hall–Kier alpha value is -0.0400. The highest BCUT2D eigenvalue weighted by Crippen LogP contribution is 1.70. The molecule has 0 aliphatic carbocycles. The van der Waals surface area contributed by atoms with Crippen LogP contribution in [0.5, 0.6) is 0 Å². The maximum absolute atomic E-state index is 4.69. The molecule has 0 saturated carbocycles. The van der Waals surface area contributed by atoms with Gasteiger partial charge in [-0.05, 0) is 6.42 Å². The third-order valence-corrected chi connectivity index (χ3v) is 0.408. The minimum Gasteiger partial charge on any atom is -0.385 e. The highest BCUT2D eigenvalue weighted by Gasteiger charge is 1.66. The van der Waals surface area contributed by atoms with Crippen LogP contribution in [0, 0.1) is 0 Å². The molecule has 66 valence electrons. The summed E-state index contributed by atoms with van der Waals surface area (Å²) in [6.45, 7) is 11.2. The van der Waals surface area contributed by atoms with Crippen LogP contribution in [-0.4, -0.2) is 13.7 Å². The molecule has 0 radical (unpaired) electrons. The van der Waals surface area contributed by atoms with Crippen molar-refractivity contribution in [2.24, 2.45) is 0 Å². The number of methoxy groups -OCH3 is 1. The lowest BCUT2D eigenvalue weighted by Gasteiger charge is -1.84. The van der Waals surface area contributed by atoms with E-state index in [1.807, 2.05) is 13.8 Å². The van der Waals surface area contributed by atoms with Crippen LogP contribution in [0.2, 0.25) is 0 Å². The molecule has 0 rings (SSSR count). The molecule has 0 aromatic carbocycles. The van der Waals surface area contributed by atoms with Crippen molar-refractivity contribution < 1.29 is 4.74 Å². The van der Waals surface area contributed by atoms with Crippen molar-refractivity contribution in [3.8, 4) is 0 Å². The summed E-state index contributed by atoms with van der Waals surface area (Å²) in [6.07, 6.45) is 2.37. The summed E-state index contributed by atoms with van der Waals surface area (Å²) in [5.74, 6) is 0. The lowest BCUT2D eigenvalue weighted by molar-refractivity contribution is 0.199. The summed E-state index contributed by atoms with van der Waals surface area (Å²) in [5.41, 5.74) is 0. The Morgan fingerprint density at radius 3 is 1.30 bits per heavy atom. The predicted octanol–water partition coefficient (Wildman–Crippen LogP) is 3.49. The van der Waals surface area contributed by atoms with E-state index in [2.05, 4.69) is 20.8 Å². The van der Waals surface area contributed by atoms with E-state index in [1.54, 1.807) is 7.11 Å². The third-order valence-electron chi connectivity index (χ3n) is 0.408. The summed E-state index contributed by atoms with van der Waals surface area (Å²) in [7, 11) is 1.71. The highest BCUT2D eigenvalue weighted by atomic mass is 16.5. The minimum atomic E-state index is 0.889. The van der Waals surface area contributed by atoms with Gasteiger partial charge in [0.2, 0.25) is 0 Å². The molecule has 10 heavy (non-hydrogen) atoms. The summed E-state index contributed by atoms with van der Waals surface area (Å²) in [4.78, 5) is 0. The molecule has 0 bridgehead atoms. The van der Waals surface area contributed by atoms with E-state index >= 15 is 0 Å². The third kappa shape index (κ3) is 100. The molecule has 0 aromatic heterocycles. The second kappa shape index (κ2) is 36.2. The van der Waals surface area contributed by atoms with Gasteiger partial charge in [0, 0.05) is 13.7 Å². The molecule has 0 atom stereocenters. The normalized spacial score (nSPS) is 6.60. The molecule has 0 spiro atoms. The second-order valence-corrected chi connectivity index (χ2v) is 1.70. The molecule has 0 unspecified atom stereocenters. The zero-order valence-corrected chi connectivity index (χ0v) is 8.53. The fourth-order valence-electron chi connectivity index (χ4n) is 0.204. The first-order valence-corrected chi connectivity index (χ1v) is 4.32. The molecule has 0 aromatic rings. The molecular formula is C9H24O. The van der Waals surface area contributed by atoms with E-state index in [9.17, 15) is 0 Å². The Balaban J connectivity index is -0.0000000847. The fourth-order valence-corrected chi connectivity index (χ4v) is 0.204. The Labute approximate surface area is 66.8 Å². The van der Waals surface area contributed by atoms with Gasteiger partial charge in [-0.1, -0.05) is 41.0 Å². The van der Waals surface area contributed by atoms with E-state index in [0.717, 1.165) is 13.0 Å². The lowest BCUT2D eigenvalue weighted by Crippen LogP contribution is -1.80. The van der Waals surface area contributed by atoms with Crippen molar-refractivity contribution in [1.82, 2.24) is 0 Å². The Morgan fingerprint density at radius 2 is 1.30 bits per heavy atom. The van der Waals surface area contributed by atoms with Gasteiger partial charge in [-0.15, -0.1) is 0 Å². The van der Waals surface area contributed by atoms with E-state index in [1.165, 1.54) is 6.42 Å². The molecule has 1 heteroatoms. The highest BCUT2D eigenvalue weighted by molar-refractivity contribution is 4.15. The van der Waals surface area contributed by atoms with Crippen LogP contribution in [0.4, 0.5) is 0 Å². The van der Waals surface area contributed by atoms with Gasteiger partial charge < -0.3 is 4.74 Å². The standard InChI is InChI=1S/C4H10O.C3H8.C2H6/c1-3-4-5-2;1-3-2;1-2/h3-4H2,1-2H3;3H2,1-2H3;1-2H3. The lowest BCUT2D eigenvalue weighted by atomic mass is 10.5. The SMILES string of the molecule is CC.CCC.CCCOC. The monoisotopic (exact) mass is 148 g/mol. The largest absolute Gasteiger partial charge is 0.385 e. The van der Waals surface area contributed by atoms with Gasteiger partial charge in [-0.25, -0.2) is 0 Å². The van der Waals surface area contributed by atoms with Crippen molar-refractivity contribution in [3.63, 3.8) is 0 Å². The zero-order chi connectivity index (χ0) is 8.83. The molecular weight excluding hydrogens is 124 g/mol. The van der Waals surface area contributed by atoms with Gasteiger partial charge in [-0.3, -0.25) is 0 Å². The summed E-state index contributed by atoms with van der Waals surface area (Å²) in [6, 6.07) is 0. The van der Waals surface area contributed by atoms with E-state index in [4.69, 9.17) is 4.74 Å². The van der Waals surface area contributed by atoms with Crippen LogP contribution in [0.15, 0.2) is 0 Å². The summed E-state index contributed by atoms with van der Waals surface area (Å²) in [5, 5.41) is 0. The van der Waals surface area contributed by atoms with Crippen LogP contribution in [0.25, 0.3) is 0 Å². The Kier molecular flexibility index (Phi) is 59.8. The van der Waals surface area contributed by atoms with Crippen molar-refractivity contribution in [1.29, 1.82) is 0 Å². The number of rotatable bonds is 2. The summed E-state index contributed by atoms with van der Waals surface area (Å²) >= 11 is 0. The first-order valence-electron chi connectivity index (χ1n) is 4.32. The van der Waals surface area contributed by atoms with Crippen LogP contribution >= 0.6 is 0 Å². The smallest absolute Gasteiger partial charge is 0.0459 e. The number of hydrogen-bond acceptors (Lipinski definition) is 1. The van der Waals surface area contributed by atoms with Crippen LogP contribution in [0.3, 0.4) is 0 Å². The average molecular weight is 148 g/mol. The maximum atomic E-state index is 4.69. The molecule has 0 saturated heterocycles. The molecule has 0 heterocycles. The molecule has 1 nitrogen and oxygen atoms in total. The van der Waals surface area contributed by atoms with Gasteiger partial charge >= 0.3 is 0 Å². The quantitative estimate of drug-likeness (QED) is 0.582. The molecule has 0 fully saturated rings. The Bertz CT molecular complexity index is 18.7. The first-order chi connectivity index (χ1) is 4.83. The van der Waals surface area contributed by atoms with Gasteiger partial charge in [0.1, 0.15) is 0 Å². The number of hydrogen-bond donors (Lipinski definition) is 0. The van der Waals surface area contributed by atoms with E-state index in [-0.39, 0.29) is 0 Å². The van der Waals surface area contributed by atoms with Gasteiger partial charge in [0.15, 0.2) is 0 Å². The van der Waals surface area contributed by atoms with Crippen LogP contribution in [-0.2, 0) is 4.74 Å². The van der Waals surface area contributed by atoms with Gasteiger partial charge in [0.25, 0.3) is 0 Å². The minimum absolute atomic E-state index is 0.889. The molecule has 0 amide bonds. The Morgan fingerprint density at radius 1 is 1.00 bits per heavy atom. The van der Waals surface area contributed by atoms with Crippen molar-refractivity contribution >= 4 is 0 Å². The van der Waals surface area contributed by atoms with Crippen LogP contribution < -0.4 is 0 Å². The van der Waals surface area contributed by atoms with Crippen molar-refractivity contribution in [2.45, 2.75) is 47.5 Å². The van der Waals surface area contributed by atoms with Crippen LogP contribution in [0.1, 0.15) is 47.5 Å². The number of ether oxygens (including phenoxy) is 1. The van der Waals surface area contributed by atoms with Gasteiger partial charge in [0.05, 0.1) is 0 Å². The maximum Gasteiger partial charge on any atom is 0.0459 e. The molecule has 0 aliphatic rings. The van der Waals surface area contributed by atoms with Crippen molar-refractivity contribution in [2.75, 3.05) is 13.7 Å². The molecule has 0 N–H and O–H groups in total. The fraction of sp³-hybridized carbons (Fsp3) is 1.00. The van der Waals surface area contributed by atoms with Crippen molar-refractivity contribution in [3.05, 3.63) is 0 Å². The first kappa shape index (κ1) is 16.5. The zero-order valence-electron chi connectivity index (χ0n) is 8.53. The topological polar surface area (TPSA) is 9.23 Å². The average Bonchev–Trinajstić information content (AvgIpc) is 1.96. The molecule has 0 aliphatic heterocycles. The second-order valence-electron chi connectivity index (χ2n) is 1.70. The van der Waals surface area contributed by atoms with Gasteiger partial charge in [-0.2, -0.15) is 0 Å².